The molecule has 0 saturated heterocycles. The lowest BCUT2D eigenvalue weighted by molar-refractivity contribution is 0.598. The van der Waals surface area contributed by atoms with Crippen LogP contribution < -0.4 is 5.14 Å². The van der Waals surface area contributed by atoms with Gasteiger partial charge in [0.25, 0.3) is 0 Å². The van der Waals surface area contributed by atoms with E-state index in [2.05, 4.69) is 6.07 Å². The molecule has 0 aliphatic rings. The summed E-state index contributed by atoms with van der Waals surface area (Å²) < 4.78 is 23.1. The van der Waals surface area contributed by atoms with Crippen molar-refractivity contribution in [1.29, 1.82) is 0 Å². The highest BCUT2D eigenvalue weighted by atomic mass is 35.5. The predicted molar refractivity (Wildman–Crippen MR) is 67.9 cm³/mol. The monoisotopic (exact) mass is 264 g/mol. The van der Waals surface area contributed by atoms with Gasteiger partial charge in [-0.25, -0.2) is 13.6 Å². The van der Waals surface area contributed by atoms with Crippen LogP contribution in [0.1, 0.15) is 0 Å². The third-order valence-corrected chi connectivity index (χ3v) is 4.00. The van der Waals surface area contributed by atoms with Crippen molar-refractivity contribution in [2.75, 3.05) is 0 Å². The Bertz CT molecular complexity index is 827. The highest BCUT2D eigenvalue weighted by Gasteiger charge is 2.17. The van der Waals surface area contributed by atoms with Gasteiger partial charge in [0.15, 0.2) is 0 Å². The summed E-state index contributed by atoms with van der Waals surface area (Å²) in [5.41, 5.74) is 0. The van der Waals surface area contributed by atoms with Crippen molar-refractivity contribution in [2.45, 2.75) is 4.90 Å². The summed E-state index contributed by atoms with van der Waals surface area (Å²) in [6, 6.07) is 11.5. The van der Waals surface area contributed by atoms with Gasteiger partial charge < -0.3 is 0 Å². The molecule has 0 amide bonds. The molecule has 4 aromatic carbocycles. The van der Waals surface area contributed by atoms with Gasteiger partial charge in [-0.15, -0.1) is 0 Å². The predicted octanol–water partition coefficient (Wildman–Crippen LogP) is 2.53. The largest absolute Gasteiger partial charge is 0.239 e. The lowest BCUT2D eigenvalue weighted by Crippen LogP contribution is -2.13. The normalized spacial score (nSPS) is 12.6. The second-order valence-corrected chi connectivity index (χ2v) is 5.74. The van der Waals surface area contributed by atoms with Crippen LogP contribution in [0.15, 0.2) is 35.2 Å². The molecule has 5 heteroatoms. The number of hydrogen-bond acceptors (Lipinski definition) is 2. The van der Waals surface area contributed by atoms with Crippen LogP contribution in [0.25, 0.3) is 21.5 Å². The van der Waals surface area contributed by atoms with Crippen molar-refractivity contribution in [1.82, 2.24) is 0 Å². The molecule has 0 aliphatic carbocycles. The summed E-state index contributed by atoms with van der Waals surface area (Å²) in [6.07, 6.45) is 0. The second kappa shape index (κ2) is 3.32. The molecule has 4 rings (SSSR count). The molecule has 0 spiro atoms. The summed E-state index contributed by atoms with van der Waals surface area (Å²) in [5, 5.41) is 8.67. The van der Waals surface area contributed by atoms with Crippen LogP contribution >= 0.6 is 11.6 Å². The number of primary sulfonamides is 1. The quantitative estimate of drug-likeness (QED) is 0.734. The second-order valence-electron chi connectivity index (χ2n) is 3.84. The Morgan fingerprint density at radius 1 is 1.18 bits per heavy atom. The van der Waals surface area contributed by atoms with E-state index in [9.17, 15) is 8.42 Å². The molecule has 0 unspecified atom stereocenters. The zero-order chi connectivity index (χ0) is 12.2. The van der Waals surface area contributed by atoms with Crippen LogP contribution in [-0.4, -0.2) is 8.42 Å². The lowest BCUT2D eigenvalue weighted by atomic mass is 9.99. The van der Waals surface area contributed by atoms with Gasteiger partial charge in [-0.05, 0) is 16.8 Å². The minimum atomic E-state index is -3.80. The van der Waals surface area contributed by atoms with Crippen LogP contribution in [0.5, 0.6) is 0 Å². The SMILES string of the molecule is NS(=O)(=O)c1[c]ccc2c3ccc(c(Cl)c3)c12. The maximum Gasteiger partial charge on any atom is 0.239 e. The van der Waals surface area contributed by atoms with Crippen LogP contribution in [0.3, 0.4) is 0 Å². The van der Waals surface area contributed by atoms with Gasteiger partial charge in [0, 0.05) is 21.9 Å². The van der Waals surface area contributed by atoms with E-state index in [1.165, 1.54) is 0 Å². The number of fused-ring (bicyclic) bond motifs is 2. The van der Waals surface area contributed by atoms with E-state index in [0.29, 0.717) is 15.8 Å². The fourth-order valence-corrected chi connectivity index (χ4v) is 3.11. The van der Waals surface area contributed by atoms with E-state index < -0.39 is 10.0 Å². The van der Waals surface area contributed by atoms with Crippen molar-refractivity contribution in [2.24, 2.45) is 5.14 Å². The number of rotatable bonds is 1. The molecular weight excluding hydrogens is 258 g/mol. The van der Waals surface area contributed by atoms with Gasteiger partial charge in [-0.1, -0.05) is 35.9 Å². The van der Waals surface area contributed by atoms with E-state index in [1.54, 1.807) is 12.1 Å². The number of halogens is 1. The molecule has 85 valence electrons. The Morgan fingerprint density at radius 2 is 1.94 bits per heavy atom. The highest BCUT2D eigenvalue weighted by molar-refractivity contribution is 7.89. The summed E-state index contributed by atoms with van der Waals surface area (Å²) in [5.74, 6) is 0. The fraction of sp³-hybridized carbons (Fsp3) is 0. The molecule has 0 fully saturated rings. The topological polar surface area (TPSA) is 60.2 Å². The molecular formula is C12H7ClNO2S. The van der Waals surface area contributed by atoms with Crippen molar-refractivity contribution >= 4 is 43.2 Å². The smallest absolute Gasteiger partial charge is 0.225 e. The molecule has 0 aliphatic heterocycles. The van der Waals surface area contributed by atoms with E-state index in [0.717, 1.165) is 10.8 Å². The van der Waals surface area contributed by atoms with Gasteiger partial charge in [0.05, 0.1) is 4.90 Å². The summed E-state index contributed by atoms with van der Waals surface area (Å²) in [7, 11) is -3.80. The molecule has 0 saturated carbocycles. The molecule has 0 aromatic heterocycles. The molecule has 4 aromatic rings. The van der Waals surface area contributed by atoms with E-state index in [-0.39, 0.29) is 4.90 Å². The Labute approximate surface area is 103 Å². The zero-order valence-electron chi connectivity index (χ0n) is 8.57. The Balaban J connectivity index is 2.66. The highest BCUT2D eigenvalue weighted by Crippen LogP contribution is 2.36. The fourth-order valence-electron chi connectivity index (χ4n) is 2.10. The van der Waals surface area contributed by atoms with Gasteiger partial charge in [0.1, 0.15) is 0 Å². The van der Waals surface area contributed by atoms with Crippen LogP contribution in [0, 0.1) is 6.07 Å². The Hall–Kier alpha value is -1.36. The molecule has 0 atom stereocenters. The average Bonchev–Trinajstić information content (AvgIpc) is 2.28. The van der Waals surface area contributed by atoms with Crippen LogP contribution in [0.2, 0.25) is 5.02 Å². The van der Waals surface area contributed by atoms with Crippen molar-refractivity contribution in [3.63, 3.8) is 0 Å². The molecule has 1 radical (unpaired) electrons. The van der Waals surface area contributed by atoms with E-state index in [4.69, 9.17) is 16.7 Å². The molecule has 2 bridgehead atoms. The third kappa shape index (κ3) is 1.49. The Morgan fingerprint density at radius 3 is 2.59 bits per heavy atom. The van der Waals surface area contributed by atoms with Crippen molar-refractivity contribution in [3.8, 4) is 0 Å². The zero-order valence-corrected chi connectivity index (χ0v) is 10.1. The number of nitrogens with two attached hydrogens (primary N) is 1. The first-order valence-electron chi connectivity index (χ1n) is 4.86. The first-order chi connectivity index (χ1) is 7.98. The number of benzene rings is 4. The average molecular weight is 265 g/mol. The number of sulfonamides is 1. The standard InChI is InChI=1S/C12H7ClNO2S/c13-10-6-7-4-5-9(10)12-8(7)2-1-3-11(12)17(14,15)16/h1-2,4-6H,(H2,14,15,16). The van der Waals surface area contributed by atoms with Gasteiger partial charge in [-0.3, -0.25) is 0 Å². The Kier molecular flexibility index (Phi) is 2.10. The minimum Gasteiger partial charge on any atom is -0.225 e. The molecule has 0 heterocycles. The molecule has 2 N–H and O–H groups in total. The minimum absolute atomic E-state index is 0.00176. The molecule has 17 heavy (non-hydrogen) atoms. The first-order valence-corrected chi connectivity index (χ1v) is 6.79. The number of hydrogen-bond donors (Lipinski definition) is 1. The van der Waals surface area contributed by atoms with Gasteiger partial charge in [0.2, 0.25) is 10.0 Å². The maximum absolute atomic E-state index is 11.5. The van der Waals surface area contributed by atoms with E-state index in [1.807, 2.05) is 18.2 Å². The lowest BCUT2D eigenvalue weighted by Gasteiger charge is -2.11. The van der Waals surface area contributed by atoms with Gasteiger partial charge in [-0.2, -0.15) is 0 Å². The summed E-state index contributed by atoms with van der Waals surface area (Å²) >= 11 is 6.07. The molecule has 3 nitrogen and oxygen atoms in total. The first kappa shape index (κ1) is 10.8. The third-order valence-electron chi connectivity index (χ3n) is 2.79. The van der Waals surface area contributed by atoms with Crippen molar-refractivity contribution < 1.29 is 8.42 Å². The maximum atomic E-state index is 11.5. The van der Waals surface area contributed by atoms with E-state index >= 15 is 0 Å². The van der Waals surface area contributed by atoms with Crippen LogP contribution in [0.4, 0.5) is 0 Å². The summed E-state index contributed by atoms with van der Waals surface area (Å²) in [6.45, 7) is 0. The van der Waals surface area contributed by atoms with Crippen molar-refractivity contribution in [3.05, 3.63) is 41.4 Å². The van der Waals surface area contributed by atoms with Crippen LogP contribution in [-0.2, 0) is 10.0 Å². The van der Waals surface area contributed by atoms with Gasteiger partial charge >= 0.3 is 0 Å². The summed E-state index contributed by atoms with van der Waals surface area (Å²) in [4.78, 5) is -0.00176.